The third-order valence-electron chi connectivity index (χ3n) is 4.99. The number of benzene rings is 2. The molecule has 31 heavy (non-hydrogen) atoms. The predicted octanol–water partition coefficient (Wildman–Crippen LogP) is 3.04. The number of carbonyl (C=O) groups is 1. The Kier molecular flexibility index (Phi) is 4.47. The second-order valence-corrected chi connectivity index (χ2v) is 6.89. The maximum atomic E-state index is 12.8. The van der Waals surface area contributed by atoms with Crippen LogP contribution in [0, 0.1) is 0 Å². The number of aromatic amines is 1. The van der Waals surface area contributed by atoms with Crippen LogP contribution in [0.15, 0.2) is 70.5 Å². The van der Waals surface area contributed by atoms with Gasteiger partial charge in [-0.05, 0) is 24.3 Å². The van der Waals surface area contributed by atoms with Gasteiger partial charge in [-0.2, -0.15) is 5.10 Å². The molecule has 0 bridgehead atoms. The molecule has 0 radical (unpaired) electrons. The van der Waals surface area contributed by atoms with Crippen molar-refractivity contribution in [2.45, 2.75) is 6.42 Å². The number of carbonyl (C=O) groups excluding carboxylic acids is 1. The summed E-state index contributed by atoms with van der Waals surface area (Å²) in [4.78, 5) is 31.5. The standard InChI is InChI=1S/C22H17N5O4/c1-30-14-6-7-15-13(11-31-19(15)9-14)8-20(28)26-17-4-2-3-5-18(17)27-21-16(10-25-27)22(29)24-12-23-21/h2-7,9-12H,8H2,1H3,(H,26,28)(H,23,24,29). The summed E-state index contributed by atoms with van der Waals surface area (Å²) < 4.78 is 12.3. The van der Waals surface area contributed by atoms with Gasteiger partial charge >= 0.3 is 0 Å². The number of nitrogens with zero attached hydrogens (tertiary/aromatic N) is 3. The number of hydrogen-bond donors (Lipinski definition) is 2. The maximum absolute atomic E-state index is 12.8. The first-order valence-corrected chi connectivity index (χ1v) is 9.49. The molecule has 3 heterocycles. The zero-order chi connectivity index (χ0) is 21.4. The Morgan fingerprint density at radius 1 is 1.23 bits per heavy atom. The highest BCUT2D eigenvalue weighted by Gasteiger charge is 2.15. The summed E-state index contributed by atoms with van der Waals surface area (Å²) in [5.41, 5.74) is 2.70. The largest absolute Gasteiger partial charge is 0.497 e. The van der Waals surface area contributed by atoms with Gasteiger partial charge in [-0.3, -0.25) is 9.59 Å². The predicted molar refractivity (Wildman–Crippen MR) is 115 cm³/mol. The van der Waals surface area contributed by atoms with E-state index in [-0.39, 0.29) is 17.9 Å². The van der Waals surface area contributed by atoms with E-state index in [0.29, 0.717) is 33.7 Å². The van der Waals surface area contributed by atoms with Crippen molar-refractivity contribution in [2.24, 2.45) is 0 Å². The molecule has 5 aromatic rings. The van der Waals surface area contributed by atoms with Crippen molar-refractivity contribution in [1.29, 1.82) is 0 Å². The quantitative estimate of drug-likeness (QED) is 0.456. The maximum Gasteiger partial charge on any atom is 0.261 e. The van der Waals surface area contributed by atoms with E-state index in [4.69, 9.17) is 9.15 Å². The van der Waals surface area contributed by atoms with Crippen molar-refractivity contribution >= 4 is 33.6 Å². The van der Waals surface area contributed by atoms with E-state index in [0.717, 1.165) is 10.9 Å². The van der Waals surface area contributed by atoms with E-state index in [1.165, 1.54) is 17.2 Å². The number of fused-ring (bicyclic) bond motifs is 2. The number of para-hydroxylation sites is 2. The molecule has 9 heteroatoms. The summed E-state index contributed by atoms with van der Waals surface area (Å²) >= 11 is 0. The molecule has 0 unspecified atom stereocenters. The van der Waals surface area contributed by atoms with Crippen LogP contribution in [0.3, 0.4) is 0 Å². The summed E-state index contributed by atoms with van der Waals surface area (Å²) in [5.74, 6) is 0.471. The number of amides is 1. The van der Waals surface area contributed by atoms with E-state index in [1.807, 2.05) is 24.3 Å². The van der Waals surface area contributed by atoms with Gasteiger partial charge in [-0.1, -0.05) is 12.1 Å². The van der Waals surface area contributed by atoms with E-state index in [1.54, 1.807) is 31.6 Å². The average Bonchev–Trinajstić information content (AvgIpc) is 3.39. The van der Waals surface area contributed by atoms with E-state index in [9.17, 15) is 9.59 Å². The number of anilines is 1. The van der Waals surface area contributed by atoms with Gasteiger partial charge in [0.2, 0.25) is 5.91 Å². The number of methoxy groups -OCH3 is 1. The summed E-state index contributed by atoms with van der Waals surface area (Å²) in [6.07, 6.45) is 4.48. The highest BCUT2D eigenvalue weighted by molar-refractivity contribution is 5.97. The van der Waals surface area contributed by atoms with E-state index >= 15 is 0 Å². The summed E-state index contributed by atoms with van der Waals surface area (Å²) in [6, 6.07) is 12.7. The minimum Gasteiger partial charge on any atom is -0.497 e. The first-order chi connectivity index (χ1) is 15.1. The van der Waals surface area contributed by atoms with Crippen LogP contribution in [-0.2, 0) is 11.2 Å². The Balaban J connectivity index is 1.44. The molecule has 2 N–H and O–H groups in total. The van der Waals surface area contributed by atoms with Crippen molar-refractivity contribution in [2.75, 3.05) is 12.4 Å². The molecule has 1 amide bonds. The molecular formula is C22H17N5O4. The van der Waals surface area contributed by atoms with Gasteiger partial charge in [-0.25, -0.2) is 9.67 Å². The van der Waals surface area contributed by atoms with Gasteiger partial charge in [0.15, 0.2) is 5.65 Å². The molecule has 5 rings (SSSR count). The Morgan fingerprint density at radius 3 is 2.97 bits per heavy atom. The smallest absolute Gasteiger partial charge is 0.261 e. The van der Waals surface area contributed by atoms with Crippen LogP contribution < -0.4 is 15.6 Å². The van der Waals surface area contributed by atoms with Gasteiger partial charge < -0.3 is 19.5 Å². The Bertz CT molecular complexity index is 1480. The molecule has 0 aliphatic rings. The Morgan fingerprint density at radius 2 is 2.10 bits per heavy atom. The highest BCUT2D eigenvalue weighted by atomic mass is 16.5. The van der Waals surface area contributed by atoms with Crippen molar-refractivity contribution in [1.82, 2.24) is 19.7 Å². The number of ether oxygens (including phenoxy) is 1. The van der Waals surface area contributed by atoms with Crippen LogP contribution in [0.5, 0.6) is 5.75 Å². The fourth-order valence-electron chi connectivity index (χ4n) is 3.49. The minimum atomic E-state index is -0.277. The number of aromatic nitrogens is 4. The second-order valence-electron chi connectivity index (χ2n) is 6.89. The van der Waals surface area contributed by atoms with E-state index in [2.05, 4.69) is 20.4 Å². The summed E-state index contributed by atoms with van der Waals surface area (Å²) in [5, 5.41) is 8.42. The molecule has 2 aromatic carbocycles. The number of nitrogens with one attached hydrogen (secondary N) is 2. The number of rotatable bonds is 5. The van der Waals surface area contributed by atoms with Gasteiger partial charge in [-0.15, -0.1) is 0 Å². The molecule has 0 spiro atoms. The molecule has 3 aromatic heterocycles. The topological polar surface area (TPSA) is 115 Å². The fourth-order valence-corrected chi connectivity index (χ4v) is 3.49. The first-order valence-electron chi connectivity index (χ1n) is 9.49. The lowest BCUT2D eigenvalue weighted by molar-refractivity contribution is -0.115. The third kappa shape index (κ3) is 3.31. The normalized spacial score (nSPS) is 11.1. The van der Waals surface area contributed by atoms with Gasteiger partial charge in [0, 0.05) is 17.0 Å². The lowest BCUT2D eigenvalue weighted by Gasteiger charge is -2.11. The van der Waals surface area contributed by atoms with Crippen LogP contribution in [-0.4, -0.2) is 32.8 Å². The zero-order valence-electron chi connectivity index (χ0n) is 16.5. The minimum absolute atomic E-state index is 0.130. The number of H-pyrrole nitrogens is 1. The molecule has 0 atom stereocenters. The Hall–Kier alpha value is -4.40. The monoisotopic (exact) mass is 415 g/mol. The number of furan rings is 1. The molecular weight excluding hydrogens is 398 g/mol. The summed E-state index contributed by atoms with van der Waals surface area (Å²) in [7, 11) is 1.59. The summed E-state index contributed by atoms with van der Waals surface area (Å²) in [6.45, 7) is 0. The van der Waals surface area contributed by atoms with Crippen molar-refractivity contribution in [3.8, 4) is 11.4 Å². The van der Waals surface area contributed by atoms with Crippen molar-refractivity contribution < 1.29 is 13.9 Å². The molecule has 0 saturated heterocycles. The van der Waals surface area contributed by atoms with Crippen molar-refractivity contribution in [3.63, 3.8) is 0 Å². The molecule has 9 nitrogen and oxygen atoms in total. The van der Waals surface area contributed by atoms with Crippen LogP contribution in [0.4, 0.5) is 5.69 Å². The average molecular weight is 415 g/mol. The molecule has 154 valence electrons. The second kappa shape index (κ2) is 7.45. The van der Waals surface area contributed by atoms with Gasteiger partial charge in [0.1, 0.15) is 16.7 Å². The molecule has 0 saturated carbocycles. The number of hydrogen-bond acceptors (Lipinski definition) is 6. The first kappa shape index (κ1) is 18.6. The lowest BCUT2D eigenvalue weighted by atomic mass is 10.1. The third-order valence-corrected chi connectivity index (χ3v) is 4.99. The lowest BCUT2D eigenvalue weighted by Crippen LogP contribution is -2.16. The van der Waals surface area contributed by atoms with Crippen molar-refractivity contribution in [3.05, 3.63) is 77.2 Å². The molecule has 0 aliphatic heterocycles. The molecule has 0 fully saturated rings. The SMILES string of the molecule is COc1ccc2c(CC(=O)Nc3ccccc3-n3ncc4c(=O)[nH]cnc43)coc2c1. The van der Waals surface area contributed by atoms with E-state index < -0.39 is 0 Å². The molecule has 0 aliphatic carbocycles. The van der Waals surface area contributed by atoms with Crippen LogP contribution >= 0.6 is 0 Å². The van der Waals surface area contributed by atoms with Crippen LogP contribution in [0.25, 0.3) is 27.7 Å². The van der Waals surface area contributed by atoms with Crippen LogP contribution in [0.1, 0.15) is 5.56 Å². The van der Waals surface area contributed by atoms with Gasteiger partial charge in [0.05, 0.1) is 43.7 Å². The van der Waals surface area contributed by atoms with Crippen LogP contribution in [0.2, 0.25) is 0 Å². The zero-order valence-corrected chi connectivity index (χ0v) is 16.5. The Labute approximate surface area is 175 Å². The van der Waals surface area contributed by atoms with Gasteiger partial charge in [0.25, 0.3) is 5.56 Å². The highest BCUT2D eigenvalue weighted by Crippen LogP contribution is 2.27. The fraction of sp³-hybridized carbons (Fsp3) is 0.0909.